The summed E-state index contributed by atoms with van der Waals surface area (Å²) in [6.07, 6.45) is -1.22. The molecule has 0 radical (unpaired) electrons. The smallest absolute Gasteiger partial charge is 0.376 e. The molecule has 5 nitrogen and oxygen atoms in total. The Morgan fingerprint density at radius 1 is 1.20 bits per heavy atom. The zero-order chi connectivity index (χ0) is 21.9. The van der Waals surface area contributed by atoms with E-state index in [9.17, 15) is 18.0 Å². The van der Waals surface area contributed by atoms with Gasteiger partial charge in [-0.2, -0.15) is 13.2 Å². The summed E-state index contributed by atoms with van der Waals surface area (Å²) in [6.45, 7) is 5.93. The Balaban J connectivity index is 1.85. The van der Waals surface area contributed by atoms with E-state index < -0.39 is 12.7 Å². The van der Waals surface area contributed by atoms with E-state index in [0.717, 1.165) is 24.8 Å². The van der Waals surface area contributed by atoms with Crippen LogP contribution in [0.4, 0.5) is 18.9 Å². The fraction of sp³-hybridized carbons (Fsp3) is 0.545. The average Bonchev–Trinajstić information content (AvgIpc) is 2.69. The summed E-state index contributed by atoms with van der Waals surface area (Å²) in [5, 5.41) is 5.99. The van der Waals surface area contributed by atoms with Gasteiger partial charge in [0.1, 0.15) is 12.2 Å². The van der Waals surface area contributed by atoms with Crippen LogP contribution in [0, 0.1) is 0 Å². The lowest BCUT2D eigenvalue weighted by Crippen LogP contribution is -2.35. The molecule has 1 aromatic heterocycles. The number of aromatic nitrogens is 1. The Labute approximate surface area is 174 Å². The molecule has 1 saturated heterocycles. The van der Waals surface area contributed by atoms with E-state index in [4.69, 9.17) is 4.74 Å². The number of fused-ring (bicyclic) bond motifs is 1. The Morgan fingerprint density at radius 2 is 1.97 bits per heavy atom. The van der Waals surface area contributed by atoms with Crippen LogP contribution >= 0.6 is 0 Å². The maximum absolute atomic E-state index is 12.6. The second kappa shape index (κ2) is 8.79. The van der Waals surface area contributed by atoms with Gasteiger partial charge in [0, 0.05) is 24.2 Å². The second-order valence-electron chi connectivity index (χ2n) is 8.71. The van der Waals surface area contributed by atoms with Gasteiger partial charge >= 0.3 is 6.18 Å². The minimum Gasteiger partial charge on any atom is -0.376 e. The van der Waals surface area contributed by atoms with Gasteiger partial charge in [-0.25, -0.2) is 4.98 Å². The molecule has 1 amide bonds. The molecule has 1 aliphatic rings. The predicted octanol–water partition coefficient (Wildman–Crippen LogP) is 4.81. The molecule has 2 N–H and O–H groups in total. The number of amides is 1. The van der Waals surface area contributed by atoms with Crippen LogP contribution in [0.5, 0.6) is 0 Å². The fourth-order valence-electron chi connectivity index (χ4n) is 3.50. The molecule has 0 bridgehead atoms. The van der Waals surface area contributed by atoms with Gasteiger partial charge in [-0.3, -0.25) is 4.79 Å². The number of rotatable bonds is 5. The van der Waals surface area contributed by atoms with Crippen molar-refractivity contribution in [2.75, 3.05) is 25.0 Å². The zero-order valence-electron chi connectivity index (χ0n) is 17.5. The molecule has 1 fully saturated rings. The molecule has 0 saturated carbocycles. The van der Waals surface area contributed by atoms with Crippen molar-refractivity contribution in [3.05, 3.63) is 35.5 Å². The van der Waals surface area contributed by atoms with Crippen molar-refractivity contribution >= 4 is 22.5 Å². The number of nitrogens with one attached hydrogen (secondary N) is 2. The summed E-state index contributed by atoms with van der Waals surface area (Å²) < 4.78 is 43.5. The highest BCUT2D eigenvalue weighted by Gasteiger charge is 2.27. The molecule has 1 aromatic carbocycles. The van der Waals surface area contributed by atoms with E-state index in [-0.39, 0.29) is 23.1 Å². The first-order valence-electron chi connectivity index (χ1n) is 10.2. The van der Waals surface area contributed by atoms with E-state index in [1.807, 2.05) is 20.8 Å². The monoisotopic (exact) mass is 423 g/mol. The summed E-state index contributed by atoms with van der Waals surface area (Å²) in [4.78, 5) is 17.2. The molecular weight excluding hydrogens is 395 g/mol. The maximum atomic E-state index is 12.6. The molecule has 1 unspecified atom stereocenters. The summed E-state index contributed by atoms with van der Waals surface area (Å²) in [7, 11) is 0. The van der Waals surface area contributed by atoms with Crippen molar-refractivity contribution in [2.24, 2.45) is 0 Å². The van der Waals surface area contributed by atoms with Crippen LogP contribution in [0.3, 0.4) is 0 Å². The highest BCUT2D eigenvalue weighted by molar-refractivity contribution is 5.96. The minimum absolute atomic E-state index is 0.0237. The predicted molar refractivity (Wildman–Crippen MR) is 111 cm³/mol. The third kappa shape index (κ3) is 5.84. The van der Waals surface area contributed by atoms with Crippen LogP contribution in [0.25, 0.3) is 10.9 Å². The van der Waals surface area contributed by atoms with Crippen LogP contribution in [0.1, 0.15) is 56.1 Å². The summed E-state index contributed by atoms with van der Waals surface area (Å²) in [6, 6.07) is 6.63. The van der Waals surface area contributed by atoms with E-state index >= 15 is 0 Å². The van der Waals surface area contributed by atoms with Gasteiger partial charge in [0.15, 0.2) is 0 Å². The number of hydrogen-bond acceptors (Lipinski definition) is 4. The quantitative estimate of drug-likeness (QED) is 0.725. The van der Waals surface area contributed by atoms with Gasteiger partial charge in [0.25, 0.3) is 5.91 Å². The third-order valence-corrected chi connectivity index (χ3v) is 5.09. The summed E-state index contributed by atoms with van der Waals surface area (Å²) in [5.74, 6) is -0.287. The number of anilines is 1. The van der Waals surface area contributed by atoms with Crippen LogP contribution in [0.2, 0.25) is 0 Å². The van der Waals surface area contributed by atoms with Crippen molar-refractivity contribution in [2.45, 2.75) is 57.7 Å². The molecule has 0 aliphatic carbocycles. The number of ether oxygens (including phenoxy) is 1. The standard InChI is InChI=1S/C22H28F3N3O2/c1-21(2,3)17-11-15(27-13-22(23,24)25)10-14-7-8-18(28-19(14)17)20(29)26-12-16-6-4-5-9-30-16/h7-8,10-11,16,27H,4-6,9,12-13H2,1-3H3,(H,26,29). The van der Waals surface area contributed by atoms with Crippen molar-refractivity contribution in [3.63, 3.8) is 0 Å². The molecule has 1 atom stereocenters. The minimum atomic E-state index is -4.31. The van der Waals surface area contributed by atoms with E-state index in [2.05, 4.69) is 15.6 Å². The molecule has 30 heavy (non-hydrogen) atoms. The Morgan fingerprint density at radius 3 is 2.60 bits per heavy atom. The highest BCUT2D eigenvalue weighted by Crippen LogP contribution is 2.32. The molecule has 2 heterocycles. The number of benzene rings is 1. The summed E-state index contributed by atoms with van der Waals surface area (Å²) >= 11 is 0. The zero-order valence-corrected chi connectivity index (χ0v) is 17.5. The molecule has 3 rings (SSSR count). The topological polar surface area (TPSA) is 63.2 Å². The largest absolute Gasteiger partial charge is 0.405 e. The first-order valence-corrected chi connectivity index (χ1v) is 10.2. The number of carbonyl (C=O) groups is 1. The highest BCUT2D eigenvalue weighted by atomic mass is 19.4. The average molecular weight is 423 g/mol. The number of halogens is 3. The van der Waals surface area contributed by atoms with E-state index in [1.54, 1.807) is 24.3 Å². The maximum Gasteiger partial charge on any atom is 0.405 e. The van der Waals surface area contributed by atoms with Gasteiger partial charge in [0.05, 0.1) is 11.6 Å². The lowest BCUT2D eigenvalue weighted by Gasteiger charge is -2.23. The van der Waals surface area contributed by atoms with Crippen LogP contribution < -0.4 is 10.6 Å². The first kappa shape index (κ1) is 22.3. The molecule has 164 valence electrons. The van der Waals surface area contributed by atoms with E-state index in [1.165, 1.54) is 0 Å². The van der Waals surface area contributed by atoms with Crippen molar-refractivity contribution in [1.29, 1.82) is 0 Å². The van der Waals surface area contributed by atoms with Crippen LogP contribution in [-0.4, -0.2) is 42.9 Å². The lowest BCUT2D eigenvalue weighted by atomic mass is 9.85. The van der Waals surface area contributed by atoms with Crippen molar-refractivity contribution in [3.8, 4) is 0 Å². The van der Waals surface area contributed by atoms with Crippen molar-refractivity contribution < 1.29 is 22.7 Å². The molecule has 0 spiro atoms. The first-order chi connectivity index (χ1) is 14.0. The third-order valence-electron chi connectivity index (χ3n) is 5.09. The Hall–Kier alpha value is -2.35. The number of alkyl halides is 3. The fourth-order valence-corrected chi connectivity index (χ4v) is 3.50. The number of carbonyl (C=O) groups excluding carboxylic acids is 1. The van der Waals surface area contributed by atoms with Crippen LogP contribution in [0.15, 0.2) is 24.3 Å². The number of hydrogen-bond donors (Lipinski definition) is 2. The van der Waals surface area contributed by atoms with Gasteiger partial charge in [-0.05, 0) is 48.4 Å². The molecule has 2 aromatic rings. The molecule has 8 heteroatoms. The second-order valence-corrected chi connectivity index (χ2v) is 8.71. The van der Waals surface area contributed by atoms with Crippen molar-refractivity contribution in [1.82, 2.24) is 10.3 Å². The van der Waals surface area contributed by atoms with Gasteiger partial charge in [0.2, 0.25) is 0 Å². The van der Waals surface area contributed by atoms with Crippen LogP contribution in [-0.2, 0) is 10.2 Å². The number of nitrogens with zero attached hydrogens (tertiary/aromatic N) is 1. The Bertz CT molecular complexity index is 901. The molecular formula is C22H28F3N3O2. The van der Waals surface area contributed by atoms with Gasteiger partial charge < -0.3 is 15.4 Å². The lowest BCUT2D eigenvalue weighted by molar-refractivity contribution is -0.115. The SMILES string of the molecule is CC(C)(C)c1cc(NCC(F)(F)F)cc2ccc(C(=O)NCC3CCCCO3)nc12. The normalized spacial score (nSPS) is 17.7. The Kier molecular flexibility index (Phi) is 6.55. The number of pyridine rings is 1. The summed E-state index contributed by atoms with van der Waals surface area (Å²) in [5.41, 5.74) is 1.67. The van der Waals surface area contributed by atoms with E-state index in [0.29, 0.717) is 29.7 Å². The van der Waals surface area contributed by atoms with Gasteiger partial charge in [-0.15, -0.1) is 0 Å². The van der Waals surface area contributed by atoms with Gasteiger partial charge in [-0.1, -0.05) is 26.8 Å². The molecule has 1 aliphatic heterocycles.